The van der Waals surface area contributed by atoms with E-state index in [1.54, 1.807) is 8.93 Å². The molecule has 0 unspecified atom stereocenters. The molecule has 1 aromatic rings. The molecule has 0 bridgehead atoms. The minimum atomic E-state index is -1.95. The van der Waals surface area contributed by atoms with Gasteiger partial charge in [-0.05, 0) is 0 Å². The molecule has 5 heteroatoms. The number of hydrogen-bond donors (Lipinski definition) is 0. The molecule has 100 valence electrons. The Balaban J connectivity index is 2.51. The van der Waals surface area contributed by atoms with Crippen LogP contribution >= 0.6 is 30.1 Å². The van der Waals surface area contributed by atoms with Crippen molar-refractivity contribution in [3.05, 3.63) is 29.8 Å². The number of ether oxygens (including phenoxy) is 1. The molecule has 0 N–H and O–H groups in total. The van der Waals surface area contributed by atoms with Gasteiger partial charge in [-0.2, -0.15) is 0 Å². The molecule has 1 rings (SSSR count). The molecule has 18 heavy (non-hydrogen) atoms. The van der Waals surface area contributed by atoms with Crippen LogP contribution in [0.4, 0.5) is 0 Å². The molecule has 0 saturated carbocycles. The molecule has 0 amide bonds. The van der Waals surface area contributed by atoms with E-state index in [0.717, 1.165) is 11.3 Å². The van der Waals surface area contributed by atoms with Crippen LogP contribution in [0.5, 0.6) is 0 Å². The molecule has 0 aliphatic carbocycles. The van der Waals surface area contributed by atoms with Gasteiger partial charge < -0.3 is 0 Å². The first-order chi connectivity index (χ1) is 8.43. The van der Waals surface area contributed by atoms with Crippen LogP contribution in [0.15, 0.2) is 24.3 Å². The Hall–Kier alpha value is 0.569. The summed E-state index contributed by atoms with van der Waals surface area (Å²) in [5, 5.41) is 0. The Morgan fingerprint density at radius 1 is 1.28 bits per heavy atom. The van der Waals surface area contributed by atoms with Gasteiger partial charge in [0.2, 0.25) is 0 Å². The molecular formula is C13H19IO2SSn. The van der Waals surface area contributed by atoms with E-state index in [2.05, 4.69) is 60.3 Å². The second-order valence-corrected chi connectivity index (χ2v) is 22.1. The van der Waals surface area contributed by atoms with Crippen molar-refractivity contribution in [1.82, 2.24) is 0 Å². The van der Waals surface area contributed by atoms with Crippen molar-refractivity contribution in [2.75, 3.05) is 12.4 Å². The van der Waals surface area contributed by atoms with Gasteiger partial charge in [-0.3, -0.25) is 0 Å². The summed E-state index contributed by atoms with van der Waals surface area (Å²) in [6.07, 6.45) is 0.381. The van der Waals surface area contributed by atoms with Gasteiger partial charge in [-0.25, -0.2) is 0 Å². The van der Waals surface area contributed by atoms with Crippen molar-refractivity contribution in [2.24, 2.45) is 0 Å². The fourth-order valence-corrected chi connectivity index (χ4v) is 5.54. The maximum atomic E-state index is 11.5. The molecule has 0 aliphatic heterocycles. The van der Waals surface area contributed by atoms with E-state index in [1.165, 1.54) is 3.58 Å². The van der Waals surface area contributed by atoms with Crippen molar-refractivity contribution >= 4 is 58.1 Å². The summed E-state index contributed by atoms with van der Waals surface area (Å²) in [5.41, 5.74) is 1.04. The fourth-order valence-electron chi connectivity index (χ4n) is 1.53. The summed E-state index contributed by atoms with van der Waals surface area (Å²) >= 11 is 0.246. The maximum absolute atomic E-state index is 11.5. The van der Waals surface area contributed by atoms with Gasteiger partial charge in [0, 0.05) is 0 Å². The van der Waals surface area contributed by atoms with E-state index in [-0.39, 0.29) is 5.97 Å². The molecule has 0 atom stereocenters. The number of esters is 1. The van der Waals surface area contributed by atoms with E-state index in [0.29, 0.717) is 13.0 Å². The molecule has 0 spiro atoms. The van der Waals surface area contributed by atoms with Crippen LogP contribution in [0, 0.1) is 0 Å². The van der Waals surface area contributed by atoms with Gasteiger partial charge in [0.25, 0.3) is 0 Å². The average Bonchev–Trinajstić information content (AvgIpc) is 2.29. The summed E-state index contributed by atoms with van der Waals surface area (Å²) in [6, 6.07) is 8.48. The normalized spacial score (nSPS) is 11.3. The molecular weight excluding hydrogens is 466 g/mol. The van der Waals surface area contributed by atoms with Gasteiger partial charge in [0.1, 0.15) is 0 Å². The van der Waals surface area contributed by atoms with Crippen molar-refractivity contribution in [1.29, 1.82) is 0 Å². The Morgan fingerprint density at radius 2 is 1.89 bits per heavy atom. The first-order valence-electron chi connectivity index (χ1n) is 5.92. The van der Waals surface area contributed by atoms with Crippen molar-refractivity contribution in [3.8, 4) is 0 Å². The quantitative estimate of drug-likeness (QED) is 0.268. The number of hydrogen-bond acceptors (Lipinski definition) is 3. The van der Waals surface area contributed by atoms with Crippen LogP contribution < -0.4 is 3.58 Å². The zero-order valence-electron chi connectivity index (χ0n) is 11.0. The van der Waals surface area contributed by atoms with Crippen molar-refractivity contribution in [3.63, 3.8) is 0 Å². The van der Waals surface area contributed by atoms with E-state index < -0.39 is 18.4 Å². The zero-order chi connectivity index (χ0) is 13.6. The van der Waals surface area contributed by atoms with E-state index >= 15 is 0 Å². The van der Waals surface area contributed by atoms with Crippen molar-refractivity contribution in [2.45, 2.75) is 21.2 Å². The summed E-state index contributed by atoms with van der Waals surface area (Å²) in [4.78, 5) is 18.7. The average molecular weight is 485 g/mol. The summed E-state index contributed by atoms with van der Waals surface area (Å²) in [7, 11) is 1.65. The standard InChI is InChI=1S/C10H10IO2S.3CH3.Sn/c11-14-7-6-13-10(12)8-9-4-2-1-3-5-9;;;;/h2-5H,6-8H2;3*1H3;. The van der Waals surface area contributed by atoms with Gasteiger partial charge >= 0.3 is 131 Å². The van der Waals surface area contributed by atoms with Gasteiger partial charge in [0.05, 0.1) is 0 Å². The number of carbonyl (C=O) groups excluding carboxylic acids is 1. The number of rotatable bonds is 6. The van der Waals surface area contributed by atoms with E-state index in [4.69, 9.17) is 4.74 Å². The SMILES string of the molecule is [CH3][Sn]([CH3])([CH3])[c]1ccc(CC(=O)OCCSI)cc1. The third kappa shape index (κ3) is 6.14. The predicted molar refractivity (Wildman–Crippen MR) is 90.6 cm³/mol. The number of halogens is 1. The van der Waals surface area contributed by atoms with Gasteiger partial charge in [-0.15, -0.1) is 0 Å². The molecule has 0 aliphatic rings. The zero-order valence-corrected chi connectivity index (χ0v) is 16.9. The number of carbonyl (C=O) groups is 1. The Bertz CT molecular complexity index is 387. The first kappa shape index (κ1) is 16.6. The minimum absolute atomic E-state index is 0.132. The molecule has 0 aromatic heterocycles. The third-order valence-corrected chi connectivity index (χ3v) is 10.1. The second-order valence-electron chi connectivity index (χ2n) is 5.16. The Labute approximate surface area is 130 Å². The molecule has 0 saturated heterocycles. The monoisotopic (exact) mass is 486 g/mol. The van der Waals surface area contributed by atoms with Gasteiger partial charge in [0.15, 0.2) is 0 Å². The molecule has 0 radical (unpaired) electrons. The Kier molecular flexibility index (Phi) is 7.38. The van der Waals surface area contributed by atoms with E-state index in [9.17, 15) is 4.79 Å². The van der Waals surface area contributed by atoms with Crippen molar-refractivity contribution < 1.29 is 9.53 Å². The summed E-state index contributed by atoms with van der Waals surface area (Å²) in [6.45, 7) is 0.503. The Morgan fingerprint density at radius 3 is 2.39 bits per heavy atom. The van der Waals surface area contributed by atoms with E-state index in [1.807, 2.05) is 0 Å². The van der Waals surface area contributed by atoms with Crippen LogP contribution in [0.2, 0.25) is 14.8 Å². The third-order valence-electron chi connectivity index (χ3n) is 2.59. The number of benzene rings is 1. The topological polar surface area (TPSA) is 26.3 Å². The van der Waals surface area contributed by atoms with Crippen LogP contribution in [0.1, 0.15) is 5.56 Å². The molecule has 0 fully saturated rings. The fraction of sp³-hybridized carbons (Fsp3) is 0.462. The predicted octanol–water partition coefficient (Wildman–Crippen LogP) is 3.40. The van der Waals surface area contributed by atoms with Gasteiger partial charge in [-0.1, -0.05) is 0 Å². The van der Waals surface area contributed by atoms with Crippen LogP contribution in [0.3, 0.4) is 0 Å². The van der Waals surface area contributed by atoms with Crippen LogP contribution in [-0.4, -0.2) is 36.7 Å². The second kappa shape index (κ2) is 7.99. The molecule has 2 nitrogen and oxygen atoms in total. The van der Waals surface area contributed by atoms with Crippen LogP contribution in [0.25, 0.3) is 0 Å². The molecule has 1 aromatic carbocycles. The van der Waals surface area contributed by atoms with Crippen LogP contribution in [-0.2, 0) is 16.0 Å². The first-order valence-corrected chi connectivity index (χ1v) is 19.4. The summed E-state index contributed by atoms with van der Waals surface area (Å²) < 4.78 is 6.62. The molecule has 0 heterocycles. The summed E-state index contributed by atoms with van der Waals surface area (Å²) in [5.74, 6) is 0.719.